The molecule has 1 N–H and O–H groups in total. The molecule has 0 spiro atoms. The van der Waals surface area contributed by atoms with Crippen molar-refractivity contribution in [3.63, 3.8) is 0 Å². The zero-order chi connectivity index (χ0) is 16.4. The summed E-state index contributed by atoms with van der Waals surface area (Å²) in [6.45, 7) is 3.37. The Balaban J connectivity index is 0.00000529. The largest absolute Gasteiger partial charge is 0.199 e. The lowest BCUT2D eigenvalue weighted by atomic mass is 10.0. The highest BCUT2D eigenvalue weighted by Crippen LogP contribution is 2.12. The van der Waals surface area contributed by atoms with Crippen molar-refractivity contribution in [1.29, 1.82) is 0 Å². The van der Waals surface area contributed by atoms with Gasteiger partial charge in [0.15, 0.2) is 12.4 Å². The van der Waals surface area contributed by atoms with Gasteiger partial charge in [-0.05, 0) is 6.42 Å². The SMILES string of the molecule is CCCCCCCCCCCCCCCCN[n+]1ccccc1.Cl. The summed E-state index contributed by atoms with van der Waals surface area (Å²) in [5.41, 5.74) is 3.40. The van der Waals surface area contributed by atoms with Crippen LogP contribution in [0, 0.1) is 0 Å². The van der Waals surface area contributed by atoms with E-state index in [1.165, 1.54) is 89.9 Å². The van der Waals surface area contributed by atoms with Crippen LogP contribution in [0.5, 0.6) is 0 Å². The van der Waals surface area contributed by atoms with Gasteiger partial charge in [0.05, 0.1) is 6.54 Å². The van der Waals surface area contributed by atoms with Crippen LogP contribution in [0.4, 0.5) is 0 Å². The zero-order valence-electron chi connectivity index (χ0n) is 15.8. The first-order valence-electron chi connectivity index (χ1n) is 10.1. The van der Waals surface area contributed by atoms with E-state index >= 15 is 0 Å². The molecule has 0 aromatic carbocycles. The maximum Gasteiger partial charge on any atom is 0.199 e. The third-order valence-corrected chi connectivity index (χ3v) is 4.54. The second-order valence-electron chi connectivity index (χ2n) is 6.79. The summed E-state index contributed by atoms with van der Waals surface area (Å²) in [4.78, 5) is 0. The molecule has 1 aromatic rings. The van der Waals surface area contributed by atoms with Crippen LogP contribution in [0.1, 0.15) is 96.8 Å². The number of halogens is 1. The van der Waals surface area contributed by atoms with Crippen LogP contribution in [-0.4, -0.2) is 6.54 Å². The van der Waals surface area contributed by atoms with E-state index in [9.17, 15) is 0 Å². The van der Waals surface area contributed by atoms with Gasteiger partial charge in [0.1, 0.15) is 0 Å². The lowest BCUT2D eigenvalue weighted by Crippen LogP contribution is -2.44. The van der Waals surface area contributed by atoms with Gasteiger partial charge < -0.3 is 0 Å². The molecule has 0 aliphatic carbocycles. The molecule has 0 unspecified atom stereocenters. The predicted molar refractivity (Wildman–Crippen MR) is 108 cm³/mol. The summed E-state index contributed by atoms with van der Waals surface area (Å²) < 4.78 is 2.04. The highest BCUT2D eigenvalue weighted by Gasteiger charge is 1.96. The van der Waals surface area contributed by atoms with Crippen molar-refractivity contribution in [3.05, 3.63) is 30.6 Å². The van der Waals surface area contributed by atoms with E-state index in [0.29, 0.717) is 0 Å². The van der Waals surface area contributed by atoms with Crippen molar-refractivity contribution >= 4 is 12.4 Å². The van der Waals surface area contributed by atoms with E-state index < -0.39 is 0 Å². The molecule has 2 nitrogen and oxygen atoms in total. The minimum Gasteiger partial charge on any atom is -0.193 e. The van der Waals surface area contributed by atoms with Gasteiger partial charge in [-0.2, -0.15) is 5.43 Å². The molecule has 24 heavy (non-hydrogen) atoms. The van der Waals surface area contributed by atoms with Gasteiger partial charge >= 0.3 is 0 Å². The Bertz CT molecular complexity index is 343. The number of unbranched alkanes of at least 4 members (excludes halogenated alkanes) is 13. The van der Waals surface area contributed by atoms with Crippen LogP contribution >= 0.6 is 12.4 Å². The highest BCUT2D eigenvalue weighted by molar-refractivity contribution is 5.85. The van der Waals surface area contributed by atoms with E-state index in [4.69, 9.17) is 0 Å². The Morgan fingerprint density at radius 2 is 1.00 bits per heavy atom. The maximum absolute atomic E-state index is 3.40. The van der Waals surface area contributed by atoms with Crippen molar-refractivity contribution in [2.24, 2.45) is 0 Å². The van der Waals surface area contributed by atoms with Gasteiger partial charge in [0, 0.05) is 12.1 Å². The number of rotatable bonds is 16. The Hall–Kier alpha value is -0.760. The van der Waals surface area contributed by atoms with Crippen LogP contribution in [-0.2, 0) is 0 Å². The van der Waals surface area contributed by atoms with E-state index in [1.54, 1.807) is 0 Å². The van der Waals surface area contributed by atoms with E-state index in [2.05, 4.69) is 36.9 Å². The molecule has 0 fully saturated rings. The van der Waals surface area contributed by atoms with Crippen LogP contribution in [0.25, 0.3) is 0 Å². The topological polar surface area (TPSA) is 15.9 Å². The van der Waals surface area contributed by atoms with Crippen molar-refractivity contribution in [3.8, 4) is 0 Å². The third-order valence-electron chi connectivity index (χ3n) is 4.54. The standard InChI is InChI=1S/C21H39N2.ClH/c1-2-3-4-5-6-7-8-9-10-11-12-13-14-16-19-22-23-20-17-15-18-21-23;/h15,17-18,20-22H,2-14,16,19H2,1H3;1H/q+1;. The lowest BCUT2D eigenvalue weighted by Gasteiger charge is -2.03. The van der Waals surface area contributed by atoms with Gasteiger partial charge in [0.25, 0.3) is 0 Å². The fourth-order valence-electron chi connectivity index (χ4n) is 3.03. The quantitative estimate of drug-likeness (QED) is 0.267. The molecule has 0 bridgehead atoms. The van der Waals surface area contributed by atoms with Crippen molar-refractivity contribution in [1.82, 2.24) is 0 Å². The summed E-state index contributed by atoms with van der Waals surface area (Å²) in [7, 11) is 0. The molecule has 3 heteroatoms. The van der Waals surface area contributed by atoms with Crippen molar-refractivity contribution < 1.29 is 4.68 Å². The monoisotopic (exact) mass is 355 g/mol. The fraction of sp³-hybridized carbons (Fsp3) is 0.762. The van der Waals surface area contributed by atoms with Gasteiger partial charge in [-0.15, -0.1) is 12.4 Å². The first-order chi connectivity index (χ1) is 11.4. The molecule has 1 aromatic heterocycles. The number of hydrogen-bond acceptors (Lipinski definition) is 1. The van der Waals surface area contributed by atoms with Crippen molar-refractivity contribution in [2.75, 3.05) is 12.0 Å². The Morgan fingerprint density at radius 1 is 0.583 bits per heavy atom. The molecule has 1 rings (SSSR count). The molecular weight excluding hydrogens is 316 g/mol. The molecule has 0 saturated carbocycles. The van der Waals surface area contributed by atoms with E-state index in [-0.39, 0.29) is 12.4 Å². The number of nitrogens with zero attached hydrogens (tertiary/aromatic N) is 1. The van der Waals surface area contributed by atoms with E-state index in [0.717, 1.165) is 6.54 Å². The molecule has 1 heterocycles. The first-order valence-corrected chi connectivity index (χ1v) is 10.1. The molecule has 0 atom stereocenters. The summed E-state index contributed by atoms with van der Waals surface area (Å²) in [5.74, 6) is 0. The van der Waals surface area contributed by atoms with Crippen LogP contribution in [0.15, 0.2) is 30.6 Å². The minimum absolute atomic E-state index is 0. The average Bonchev–Trinajstić information content (AvgIpc) is 2.59. The van der Waals surface area contributed by atoms with E-state index in [1.807, 2.05) is 10.7 Å². The Kier molecular flexibility index (Phi) is 18.0. The predicted octanol–water partition coefficient (Wildman–Crippen LogP) is 6.42. The normalized spacial score (nSPS) is 10.4. The van der Waals surface area contributed by atoms with Crippen LogP contribution in [0.3, 0.4) is 0 Å². The lowest BCUT2D eigenvalue weighted by molar-refractivity contribution is -0.650. The Morgan fingerprint density at radius 3 is 1.46 bits per heavy atom. The number of hydrogen-bond donors (Lipinski definition) is 1. The van der Waals surface area contributed by atoms with Gasteiger partial charge in [-0.1, -0.05) is 101 Å². The van der Waals surface area contributed by atoms with Gasteiger partial charge in [0.2, 0.25) is 0 Å². The number of nitrogens with one attached hydrogen (secondary N) is 1. The minimum atomic E-state index is 0. The number of aromatic nitrogens is 1. The fourth-order valence-corrected chi connectivity index (χ4v) is 3.03. The first kappa shape index (κ1) is 23.2. The molecule has 0 amide bonds. The smallest absolute Gasteiger partial charge is 0.193 e. The molecule has 0 saturated heterocycles. The van der Waals surface area contributed by atoms with Gasteiger partial charge in [-0.3, -0.25) is 0 Å². The molecule has 140 valence electrons. The zero-order valence-corrected chi connectivity index (χ0v) is 16.7. The molecule has 0 aliphatic rings. The maximum atomic E-state index is 3.40. The molecule has 0 radical (unpaired) electrons. The van der Waals surface area contributed by atoms with Gasteiger partial charge in [-0.25, -0.2) is 0 Å². The molecular formula is C21H40ClN2+. The summed E-state index contributed by atoms with van der Waals surface area (Å²) in [6.07, 6.45) is 24.0. The number of pyridine rings is 1. The average molecular weight is 356 g/mol. The second kappa shape index (κ2) is 18.6. The summed E-state index contributed by atoms with van der Waals surface area (Å²) in [6, 6.07) is 6.15. The highest BCUT2D eigenvalue weighted by atomic mass is 35.5. The second-order valence-corrected chi connectivity index (χ2v) is 6.79. The molecule has 0 aliphatic heterocycles. The van der Waals surface area contributed by atoms with Crippen LogP contribution in [0.2, 0.25) is 0 Å². The summed E-state index contributed by atoms with van der Waals surface area (Å²) in [5, 5.41) is 0. The van der Waals surface area contributed by atoms with Crippen molar-refractivity contribution in [2.45, 2.75) is 96.8 Å². The van der Waals surface area contributed by atoms with Crippen LogP contribution < -0.4 is 10.1 Å². The third kappa shape index (κ3) is 14.8. The Labute approximate surface area is 156 Å². The summed E-state index contributed by atoms with van der Waals surface area (Å²) >= 11 is 0.